The molecule has 2 nitrogen and oxygen atoms in total. The van der Waals surface area contributed by atoms with Gasteiger partial charge in [0.2, 0.25) is 0 Å². The van der Waals surface area contributed by atoms with Gasteiger partial charge in [-0.05, 0) is 25.9 Å². The van der Waals surface area contributed by atoms with Gasteiger partial charge in [0, 0.05) is 19.1 Å². The molecule has 0 aromatic rings. The molecule has 0 radical (unpaired) electrons. The molecule has 0 atom stereocenters. The molecule has 0 aromatic carbocycles. The second kappa shape index (κ2) is 8.12. The van der Waals surface area contributed by atoms with E-state index in [1.165, 1.54) is 51.6 Å². The average molecular weight is 212 g/mol. The highest BCUT2D eigenvalue weighted by molar-refractivity contribution is 4.74. The first-order valence-electron chi connectivity index (χ1n) is 6.83. The molecule has 1 N–H and O–H groups in total. The summed E-state index contributed by atoms with van der Waals surface area (Å²) in [5.74, 6) is 0. The van der Waals surface area contributed by atoms with Gasteiger partial charge in [-0.1, -0.05) is 39.5 Å². The first-order chi connectivity index (χ1) is 7.38. The SMILES string of the molecule is CCNCCN(CC)C1CCCCCC1. The standard InChI is InChI=1S/C13H28N2/c1-3-14-11-12-15(4-2)13-9-7-5-6-8-10-13/h13-14H,3-12H2,1-2H3. The van der Waals surface area contributed by atoms with Crippen LogP contribution in [-0.2, 0) is 0 Å². The largest absolute Gasteiger partial charge is 0.316 e. The molecule has 0 amide bonds. The Morgan fingerprint density at radius 3 is 2.27 bits per heavy atom. The molecule has 15 heavy (non-hydrogen) atoms. The molecule has 0 aliphatic heterocycles. The van der Waals surface area contributed by atoms with Crippen LogP contribution in [0.5, 0.6) is 0 Å². The first-order valence-corrected chi connectivity index (χ1v) is 6.83. The Bertz CT molecular complexity index is 139. The quantitative estimate of drug-likeness (QED) is 0.538. The van der Waals surface area contributed by atoms with Gasteiger partial charge in [0.05, 0.1) is 0 Å². The van der Waals surface area contributed by atoms with Gasteiger partial charge in [-0.3, -0.25) is 4.90 Å². The Morgan fingerprint density at radius 1 is 1.07 bits per heavy atom. The Morgan fingerprint density at radius 2 is 1.73 bits per heavy atom. The van der Waals surface area contributed by atoms with Crippen LogP contribution in [0.4, 0.5) is 0 Å². The first kappa shape index (κ1) is 13.0. The molecule has 0 saturated heterocycles. The lowest BCUT2D eigenvalue weighted by Gasteiger charge is -2.30. The van der Waals surface area contributed by atoms with Crippen molar-refractivity contribution in [2.24, 2.45) is 0 Å². The Kier molecular flexibility index (Phi) is 7.03. The Labute approximate surface area is 95.4 Å². The molecule has 0 bridgehead atoms. The summed E-state index contributed by atoms with van der Waals surface area (Å²) < 4.78 is 0. The van der Waals surface area contributed by atoms with E-state index in [-0.39, 0.29) is 0 Å². The number of hydrogen-bond acceptors (Lipinski definition) is 2. The van der Waals surface area contributed by atoms with Gasteiger partial charge in [0.15, 0.2) is 0 Å². The molecule has 0 spiro atoms. The zero-order valence-corrected chi connectivity index (χ0v) is 10.6. The van der Waals surface area contributed by atoms with E-state index in [2.05, 4.69) is 24.1 Å². The van der Waals surface area contributed by atoms with Crippen LogP contribution in [0.3, 0.4) is 0 Å². The van der Waals surface area contributed by atoms with E-state index in [9.17, 15) is 0 Å². The van der Waals surface area contributed by atoms with E-state index in [1.807, 2.05) is 0 Å². The molecule has 1 fully saturated rings. The number of rotatable bonds is 6. The second-order valence-corrected chi connectivity index (χ2v) is 4.63. The maximum Gasteiger partial charge on any atom is 0.0110 e. The summed E-state index contributed by atoms with van der Waals surface area (Å²) in [4.78, 5) is 2.67. The van der Waals surface area contributed by atoms with Crippen molar-refractivity contribution in [2.45, 2.75) is 58.4 Å². The number of nitrogens with one attached hydrogen (secondary N) is 1. The molecule has 2 heteroatoms. The molecule has 0 heterocycles. The molecule has 0 unspecified atom stereocenters. The highest BCUT2D eigenvalue weighted by Gasteiger charge is 2.17. The predicted octanol–water partition coefficient (Wildman–Crippen LogP) is 2.64. The molecule has 1 rings (SSSR count). The van der Waals surface area contributed by atoms with E-state index in [4.69, 9.17) is 0 Å². The molecule has 1 saturated carbocycles. The van der Waals surface area contributed by atoms with Crippen LogP contribution in [0, 0.1) is 0 Å². The maximum atomic E-state index is 3.43. The van der Waals surface area contributed by atoms with E-state index in [0.717, 1.165) is 19.1 Å². The number of nitrogens with zero attached hydrogens (tertiary/aromatic N) is 1. The van der Waals surface area contributed by atoms with Crippen molar-refractivity contribution in [2.75, 3.05) is 26.2 Å². The summed E-state index contributed by atoms with van der Waals surface area (Å²) in [5.41, 5.74) is 0. The minimum Gasteiger partial charge on any atom is -0.316 e. The fourth-order valence-electron chi connectivity index (χ4n) is 2.62. The van der Waals surface area contributed by atoms with Crippen LogP contribution in [0.2, 0.25) is 0 Å². The molecule has 1 aliphatic carbocycles. The third-order valence-electron chi connectivity index (χ3n) is 3.57. The summed E-state index contributed by atoms with van der Waals surface area (Å²) in [7, 11) is 0. The van der Waals surface area contributed by atoms with Crippen molar-refractivity contribution in [3.05, 3.63) is 0 Å². The molecule has 90 valence electrons. The minimum absolute atomic E-state index is 0.871. The third kappa shape index (κ3) is 4.98. The zero-order chi connectivity index (χ0) is 10.9. The fourth-order valence-corrected chi connectivity index (χ4v) is 2.62. The van der Waals surface area contributed by atoms with Gasteiger partial charge in [0.25, 0.3) is 0 Å². The van der Waals surface area contributed by atoms with Crippen molar-refractivity contribution < 1.29 is 0 Å². The predicted molar refractivity (Wildman–Crippen MR) is 67.3 cm³/mol. The second-order valence-electron chi connectivity index (χ2n) is 4.63. The average Bonchev–Trinajstić information content (AvgIpc) is 2.53. The van der Waals surface area contributed by atoms with E-state index in [0.29, 0.717) is 0 Å². The zero-order valence-electron chi connectivity index (χ0n) is 10.6. The van der Waals surface area contributed by atoms with Gasteiger partial charge >= 0.3 is 0 Å². The highest BCUT2D eigenvalue weighted by Crippen LogP contribution is 2.21. The highest BCUT2D eigenvalue weighted by atomic mass is 15.2. The van der Waals surface area contributed by atoms with Gasteiger partial charge in [-0.25, -0.2) is 0 Å². The van der Waals surface area contributed by atoms with Crippen LogP contribution in [-0.4, -0.2) is 37.1 Å². The summed E-state index contributed by atoms with van der Waals surface area (Å²) in [6, 6.07) is 0.871. The van der Waals surface area contributed by atoms with Crippen molar-refractivity contribution in [3.8, 4) is 0 Å². The lowest BCUT2D eigenvalue weighted by Crippen LogP contribution is -2.39. The van der Waals surface area contributed by atoms with Crippen LogP contribution in [0.25, 0.3) is 0 Å². The van der Waals surface area contributed by atoms with Crippen LogP contribution in [0.1, 0.15) is 52.4 Å². The van der Waals surface area contributed by atoms with E-state index < -0.39 is 0 Å². The normalized spacial score (nSPS) is 19.4. The van der Waals surface area contributed by atoms with Crippen molar-refractivity contribution in [3.63, 3.8) is 0 Å². The fraction of sp³-hybridized carbons (Fsp3) is 1.00. The third-order valence-corrected chi connectivity index (χ3v) is 3.57. The van der Waals surface area contributed by atoms with Crippen molar-refractivity contribution >= 4 is 0 Å². The van der Waals surface area contributed by atoms with E-state index in [1.54, 1.807) is 0 Å². The smallest absolute Gasteiger partial charge is 0.0110 e. The summed E-state index contributed by atoms with van der Waals surface area (Å²) in [6.07, 6.45) is 8.67. The summed E-state index contributed by atoms with van der Waals surface area (Å²) >= 11 is 0. The van der Waals surface area contributed by atoms with Crippen molar-refractivity contribution in [1.82, 2.24) is 10.2 Å². The number of hydrogen-bond donors (Lipinski definition) is 1. The lowest BCUT2D eigenvalue weighted by molar-refractivity contribution is 0.189. The van der Waals surface area contributed by atoms with Gasteiger partial charge < -0.3 is 5.32 Å². The molecular weight excluding hydrogens is 184 g/mol. The van der Waals surface area contributed by atoms with Crippen LogP contribution in [0.15, 0.2) is 0 Å². The maximum absolute atomic E-state index is 3.43. The Balaban J connectivity index is 2.27. The molecule has 1 aliphatic rings. The monoisotopic (exact) mass is 212 g/mol. The topological polar surface area (TPSA) is 15.3 Å². The van der Waals surface area contributed by atoms with Crippen LogP contribution >= 0.6 is 0 Å². The molecule has 0 aromatic heterocycles. The molecular formula is C13H28N2. The van der Waals surface area contributed by atoms with E-state index >= 15 is 0 Å². The van der Waals surface area contributed by atoms with Gasteiger partial charge in [-0.15, -0.1) is 0 Å². The van der Waals surface area contributed by atoms with Crippen molar-refractivity contribution in [1.29, 1.82) is 0 Å². The van der Waals surface area contributed by atoms with Crippen LogP contribution < -0.4 is 5.32 Å². The van der Waals surface area contributed by atoms with Gasteiger partial charge in [0.1, 0.15) is 0 Å². The minimum atomic E-state index is 0.871. The summed E-state index contributed by atoms with van der Waals surface area (Å²) in [5, 5.41) is 3.43. The van der Waals surface area contributed by atoms with Gasteiger partial charge in [-0.2, -0.15) is 0 Å². The lowest BCUT2D eigenvalue weighted by atomic mass is 10.1. The Hall–Kier alpha value is -0.0800. The summed E-state index contributed by atoms with van der Waals surface area (Å²) in [6.45, 7) is 9.19. The number of likely N-dealkylation sites (N-methyl/N-ethyl adjacent to an activating group) is 2.